The van der Waals surface area contributed by atoms with Crippen LogP contribution in [0.25, 0.3) is 43.1 Å². The molecular formula is C59H68FeN2O4S4+2. The molecule has 0 bridgehead atoms. The van der Waals surface area contributed by atoms with Crippen LogP contribution in [0.3, 0.4) is 0 Å². The second-order valence-electron chi connectivity index (χ2n) is 18.8. The van der Waals surface area contributed by atoms with Crippen molar-refractivity contribution in [1.82, 2.24) is 9.80 Å². The molecule has 2 heterocycles. The number of hydrogen-bond donors (Lipinski definition) is 0. The second-order valence-corrected chi connectivity index (χ2v) is 24.1. The van der Waals surface area contributed by atoms with Crippen molar-refractivity contribution in [1.29, 1.82) is 0 Å². The molecule has 0 atom stereocenters. The summed E-state index contributed by atoms with van der Waals surface area (Å²) in [5.74, 6) is 2.67. The Labute approximate surface area is 445 Å². The molecule has 2 saturated carbocycles. The zero-order valence-corrected chi connectivity index (χ0v) is 45.3. The van der Waals surface area contributed by atoms with Crippen LogP contribution in [0.2, 0.25) is 0 Å². The van der Waals surface area contributed by atoms with Gasteiger partial charge in [0.2, 0.25) is 0 Å². The predicted molar refractivity (Wildman–Crippen MR) is 299 cm³/mol. The van der Waals surface area contributed by atoms with Crippen molar-refractivity contribution in [3.63, 3.8) is 0 Å². The van der Waals surface area contributed by atoms with Crippen LogP contribution in [0, 0.1) is 63.7 Å². The number of nitrogens with zero attached hydrogens (tertiary/aromatic N) is 2. The Hall–Kier alpha value is -2.40. The number of unbranched alkanes of at least 4 members (excludes halogenated alkanes) is 14. The van der Waals surface area contributed by atoms with Gasteiger partial charge in [0.15, 0.2) is 0 Å². The molecule has 4 amide bonds. The molecule has 0 unspecified atom stereocenters. The summed E-state index contributed by atoms with van der Waals surface area (Å²) in [6.45, 7) is 0.316. The Balaban J connectivity index is 0.00000113. The van der Waals surface area contributed by atoms with Gasteiger partial charge in [0, 0.05) is 57.1 Å². The summed E-state index contributed by atoms with van der Waals surface area (Å²) in [5.41, 5.74) is 2.25. The van der Waals surface area contributed by atoms with Gasteiger partial charge in [-0.1, -0.05) is 157 Å². The summed E-state index contributed by atoms with van der Waals surface area (Å²) in [5, 5.41) is 6.89. The summed E-state index contributed by atoms with van der Waals surface area (Å²) in [6.07, 6.45) is 44.1. The number of imide groups is 2. The SMILES string of the molecule is CSSCCCCCCCCCCC(CCCCCCCCCCSSC)N1C(=O)c2ccc3c4ccc5c6c(ccc(c7ccc(c2c37)C1=O)c64)C(=O)N(CC[C]1[CH][CH][CH][CH]1)C5=O.[CH]1[CH][CH][CH][CH]1.[Fe+2]. The molecule has 10 radical (unpaired) electrons. The Morgan fingerprint density at radius 2 is 0.757 bits per heavy atom. The molecule has 4 aliphatic rings. The number of carbonyl (C=O) groups is 4. The number of benzene rings is 5. The third-order valence-corrected chi connectivity index (χ3v) is 18.1. The van der Waals surface area contributed by atoms with Crippen LogP contribution in [-0.2, 0) is 17.1 Å². The van der Waals surface area contributed by atoms with Gasteiger partial charge >= 0.3 is 17.1 Å². The number of hydrogen-bond acceptors (Lipinski definition) is 8. The van der Waals surface area contributed by atoms with E-state index >= 15 is 0 Å². The van der Waals surface area contributed by atoms with Crippen LogP contribution in [0.15, 0.2) is 48.5 Å². The zero-order chi connectivity index (χ0) is 48.0. The van der Waals surface area contributed by atoms with Crippen molar-refractivity contribution < 1.29 is 36.2 Å². The van der Waals surface area contributed by atoms with Gasteiger partial charge in [-0.25, -0.2) is 0 Å². The minimum atomic E-state index is -0.270. The average Bonchev–Trinajstić information content (AvgIpc) is 4.14. The molecule has 70 heavy (non-hydrogen) atoms. The molecule has 11 heteroatoms. The second kappa shape index (κ2) is 28.3. The Bertz CT molecular complexity index is 2370. The number of fused-ring (bicyclic) bond motifs is 2. The quantitative estimate of drug-likeness (QED) is 0.0122. The van der Waals surface area contributed by atoms with Gasteiger partial charge in [-0.05, 0) is 165 Å². The molecule has 2 aliphatic carbocycles. The van der Waals surface area contributed by atoms with Gasteiger partial charge in [0.05, 0.1) is 0 Å². The van der Waals surface area contributed by atoms with E-state index in [0.29, 0.717) is 40.6 Å². The summed E-state index contributed by atoms with van der Waals surface area (Å²) in [4.78, 5) is 60.7. The molecule has 6 nitrogen and oxygen atoms in total. The van der Waals surface area contributed by atoms with Gasteiger partial charge in [0.1, 0.15) is 0 Å². The molecule has 368 valence electrons. The van der Waals surface area contributed by atoms with Crippen LogP contribution >= 0.6 is 43.2 Å². The topological polar surface area (TPSA) is 74.8 Å². The first-order valence-electron chi connectivity index (χ1n) is 25.6. The molecule has 5 aromatic rings. The van der Waals surface area contributed by atoms with Crippen molar-refractivity contribution in [2.75, 3.05) is 30.6 Å². The number of amides is 4. The molecule has 0 N–H and O–H groups in total. The molecule has 5 aromatic carbocycles. The van der Waals surface area contributed by atoms with Crippen molar-refractivity contribution >= 4 is 110 Å². The standard InChI is InChI=1S/C54H63N2O4S4.C5H5.Fe/c1-61-63-35-19-13-9-5-3-7-11-15-23-38(24-16-12-8-4-6-10-14-20-36-64-62-2)56-53(59)45-31-27-41-39-25-29-43-49-44(52(58)55(51(43)57)34-33-37-21-17-18-22-37)30-26-40(47(39)49)42-28-32-46(54(56)60)50(45)48(41)42;1-2-4-5-3-1;/h17-18,21-22,25-32,38H,3-16,19-20,23-24,33-36H2,1-2H3;1-5H;/q;;+2. The normalized spacial score (nSPS) is 16.0. The maximum atomic E-state index is 14.8. The maximum Gasteiger partial charge on any atom is 2.00 e. The molecule has 9 rings (SSSR count). The van der Waals surface area contributed by atoms with Crippen LogP contribution in [0.1, 0.15) is 163 Å². The van der Waals surface area contributed by atoms with E-state index in [4.69, 9.17) is 0 Å². The molecule has 0 saturated heterocycles. The van der Waals surface area contributed by atoms with E-state index in [0.717, 1.165) is 82.1 Å². The van der Waals surface area contributed by atoms with Gasteiger partial charge in [0.25, 0.3) is 23.6 Å². The van der Waals surface area contributed by atoms with Crippen LogP contribution < -0.4 is 0 Å². The van der Waals surface area contributed by atoms with E-state index in [1.54, 1.807) is 4.90 Å². The maximum absolute atomic E-state index is 14.8. The van der Waals surface area contributed by atoms with E-state index in [2.05, 4.69) is 12.5 Å². The predicted octanol–water partition coefficient (Wildman–Crippen LogP) is 16.2. The fourth-order valence-corrected chi connectivity index (χ4v) is 13.5. The third-order valence-electron chi connectivity index (χ3n) is 14.3. The van der Waals surface area contributed by atoms with Crippen LogP contribution in [-0.4, -0.2) is 70.0 Å². The number of carbonyl (C=O) groups excluding carboxylic acids is 4. The van der Waals surface area contributed by atoms with Gasteiger partial charge < -0.3 is 0 Å². The Morgan fingerprint density at radius 3 is 1.13 bits per heavy atom. The summed E-state index contributed by atoms with van der Waals surface area (Å²) < 4.78 is 0. The zero-order valence-electron chi connectivity index (χ0n) is 41.0. The van der Waals surface area contributed by atoms with Crippen molar-refractivity contribution in [2.24, 2.45) is 0 Å². The van der Waals surface area contributed by atoms with Gasteiger partial charge in [-0.2, -0.15) is 0 Å². The van der Waals surface area contributed by atoms with E-state index in [9.17, 15) is 19.2 Å². The molecule has 0 spiro atoms. The van der Waals surface area contributed by atoms with Crippen molar-refractivity contribution in [3.8, 4) is 0 Å². The first kappa shape index (κ1) is 55.4. The van der Waals surface area contributed by atoms with E-state index in [1.807, 2.05) is 149 Å². The fourth-order valence-electron chi connectivity index (χ4n) is 10.8. The Kier molecular flexibility index (Phi) is 22.4. The van der Waals surface area contributed by atoms with Crippen LogP contribution in [0.4, 0.5) is 0 Å². The first-order valence-corrected chi connectivity index (χ1v) is 31.0. The summed E-state index contributed by atoms with van der Waals surface area (Å²) >= 11 is 0. The van der Waals surface area contributed by atoms with Crippen molar-refractivity contribution in [2.45, 2.75) is 128 Å². The molecule has 0 aromatic heterocycles. The third kappa shape index (κ3) is 13.1. The molecule has 2 fully saturated rings. The first-order chi connectivity index (χ1) is 33.9. The minimum absolute atomic E-state index is 0. The smallest absolute Gasteiger partial charge is 0.274 e. The van der Waals surface area contributed by atoms with Gasteiger partial charge in [-0.3, -0.25) is 29.0 Å². The van der Waals surface area contributed by atoms with E-state index < -0.39 is 0 Å². The monoisotopic (exact) mass is 1050 g/mol. The summed E-state index contributed by atoms with van der Waals surface area (Å²) in [7, 11) is 7.62. The van der Waals surface area contributed by atoms with E-state index in [1.165, 1.54) is 93.5 Å². The largest absolute Gasteiger partial charge is 2.00 e. The van der Waals surface area contributed by atoms with Crippen molar-refractivity contribution in [3.05, 3.63) is 134 Å². The average molecular weight is 1050 g/mol. The molecule has 2 aliphatic heterocycles. The Morgan fingerprint density at radius 1 is 0.414 bits per heavy atom. The van der Waals surface area contributed by atoms with Crippen LogP contribution in [0.5, 0.6) is 0 Å². The van der Waals surface area contributed by atoms with E-state index in [-0.39, 0.29) is 46.7 Å². The van der Waals surface area contributed by atoms with Gasteiger partial charge in [-0.15, -0.1) is 0 Å². The minimum Gasteiger partial charge on any atom is -0.274 e. The number of rotatable bonds is 28. The molecular weight excluding hydrogens is 985 g/mol. The summed E-state index contributed by atoms with van der Waals surface area (Å²) in [6, 6.07) is 15.5. The fraction of sp³-hybridized carbons (Fsp3) is 0.424.